The van der Waals surface area contributed by atoms with Crippen LogP contribution < -0.4 is 20.7 Å². The molecule has 1 aliphatic heterocycles. The number of anilines is 2. The number of carbonyl (C=O) groups is 1. The highest BCUT2D eigenvalue weighted by atomic mass is 16.6. The molecule has 0 saturated carbocycles. The van der Waals surface area contributed by atoms with E-state index in [0.29, 0.717) is 30.3 Å². The summed E-state index contributed by atoms with van der Waals surface area (Å²) in [4.78, 5) is 25.5. The first-order chi connectivity index (χ1) is 13.1. The quantitative estimate of drug-likeness (QED) is 0.573. The molecule has 0 aromatic heterocycles. The lowest BCUT2D eigenvalue weighted by Crippen LogP contribution is -2.19. The van der Waals surface area contributed by atoms with Crippen LogP contribution in [0.4, 0.5) is 17.1 Å². The zero-order valence-corrected chi connectivity index (χ0v) is 14.9. The second-order valence-corrected chi connectivity index (χ2v) is 6.27. The minimum Gasteiger partial charge on any atom is -0.492 e. The fraction of sp³-hybridized carbons (Fsp3) is 0.316. The second-order valence-electron chi connectivity index (χ2n) is 6.27. The normalized spacial score (nSPS) is 13.4. The molecule has 1 aliphatic rings. The average molecular weight is 370 g/mol. The lowest BCUT2D eigenvalue weighted by atomic mass is 10.1. The van der Waals surface area contributed by atoms with Gasteiger partial charge in [0.25, 0.3) is 11.6 Å². The van der Waals surface area contributed by atoms with E-state index < -0.39 is 10.8 Å². The van der Waals surface area contributed by atoms with E-state index in [0.717, 1.165) is 25.9 Å². The van der Waals surface area contributed by atoms with Crippen LogP contribution in [0.3, 0.4) is 0 Å². The lowest BCUT2D eigenvalue weighted by molar-refractivity contribution is -0.384. The number of hydrogen-bond donors (Lipinski definition) is 2. The number of nitro benzene ring substituents is 1. The Morgan fingerprint density at radius 2 is 1.89 bits per heavy atom. The van der Waals surface area contributed by atoms with Crippen LogP contribution in [0.5, 0.6) is 5.75 Å². The first-order valence-electron chi connectivity index (χ1n) is 8.86. The standard InChI is InChI=1S/C19H22N4O4/c20-9-12-27-16-6-4-15(5-7-16)21-19(24)14-3-8-17(18(13-14)23(25)26)22-10-1-2-11-22/h3-8,13H,1-2,9-12,20H2,(H,21,24). The van der Waals surface area contributed by atoms with E-state index >= 15 is 0 Å². The summed E-state index contributed by atoms with van der Waals surface area (Å²) in [5, 5.41) is 14.2. The molecule has 27 heavy (non-hydrogen) atoms. The Balaban J connectivity index is 1.74. The molecule has 1 fully saturated rings. The summed E-state index contributed by atoms with van der Waals surface area (Å²) in [6.07, 6.45) is 2.04. The molecule has 2 aromatic rings. The summed E-state index contributed by atoms with van der Waals surface area (Å²) in [6, 6.07) is 11.5. The number of benzene rings is 2. The molecule has 8 heteroatoms. The van der Waals surface area contributed by atoms with Crippen LogP contribution in [0, 0.1) is 10.1 Å². The van der Waals surface area contributed by atoms with Gasteiger partial charge in [0.15, 0.2) is 0 Å². The summed E-state index contributed by atoms with van der Waals surface area (Å²) in [6.45, 7) is 2.43. The average Bonchev–Trinajstić information content (AvgIpc) is 3.21. The first-order valence-corrected chi connectivity index (χ1v) is 8.86. The number of hydrogen-bond acceptors (Lipinski definition) is 6. The van der Waals surface area contributed by atoms with Gasteiger partial charge in [0.1, 0.15) is 18.0 Å². The molecule has 0 unspecified atom stereocenters. The third kappa shape index (κ3) is 4.53. The highest BCUT2D eigenvalue weighted by Gasteiger charge is 2.23. The van der Waals surface area contributed by atoms with Crippen molar-refractivity contribution >= 4 is 23.0 Å². The number of nitrogens with zero attached hydrogens (tertiary/aromatic N) is 2. The van der Waals surface area contributed by atoms with Crippen LogP contribution in [0.2, 0.25) is 0 Å². The zero-order chi connectivity index (χ0) is 19.2. The zero-order valence-electron chi connectivity index (χ0n) is 14.9. The third-order valence-corrected chi connectivity index (χ3v) is 4.38. The van der Waals surface area contributed by atoms with E-state index in [9.17, 15) is 14.9 Å². The molecule has 3 N–H and O–H groups in total. The monoisotopic (exact) mass is 370 g/mol. The largest absolute Gasteiger partial charge is 0.492 e. The smallest absolute Gasteiger partial charge is 0.293 e. The Bertz CT molecular complexity index is 817. The summed E-state index contributed by atoms with van der Waals surface area (Å²) < 4.78 is 5.39. The maximum Gasteiger partial charge on any atom is 0.293 e. The SMILES string of the molecule is NCCOc1ccc(NC(=O)c2ccc(N3CCCC3)c([N+](=O)[O-])c2)cc1. The summed E-state index contributed by atoms with van der Waals surface area (Å²) in [5.41, 5.74) is 6.73. The molecule has 142 valence electrons. The molecule has 3 rings (SSSR count). The molecular weight excluding hydrogens is 348 g/mol. The predicted octanol–water partition coefficient (Wildman–Crippen LogP) is 2.78. The van der Waals surface area contributed by atoms with Crippen LogP contribution >= 0.6 is 0 Å². The van der Waals surface area contributed by atoms with Crippen molar-refractivity contribution in [2.24, 2.45) is 5.73 Å². The molecule has 0 atom stereocenters. The second kappa shape index (κ2) is 8.50. The van der Waals surface area contributed by atoms with Gasteiger partial charge >= 0.3 is 0 Å². The highest BCUT2D eigenvalue weighted by molar-refractivity contribution is 6.05. The van der Waals surface area contributed by atoms with Crippen molar-refractivity contribution in [3.63, 3.8) is 0 Å². The maximum atomic E-state index is 12.5. The number of nitrogens with two attached hydrogens (primary N) is 1. The minimum absolute atomic E-state index is 0.0462. The van der Waals surface area contributed by atoms with Crippen LogP contribution in [-0.4, -0.2) is 37.1 Å². The summed E-state index contributed by atoms with van der Waals surface area (Å²) in [7, 11) is 0. The number of nitrogens with one attached hydrogen (secondary N) is 1. The van der Waals surface area contributed by atoms with E-state index in [-0.39, 0.29) is 11.3 Å². The predicted molar refractivity (Wildman–Crippen MR) is 103 cm³/mol. The number of ether oxygens (including phenoxy) is 1. The molecule has 1 heterocycles. The summed E-state index contributed by atoms with van der Waals surface area (Å²) in [5.74, 6) is 0.255. The van der Waals surface area contributed by atoms with E-state index in [2.05, 4.69) is 5.32 Å². The number of amides is 1. The molecule has 0 spiro atoms. The highest BCUT2D eigenvalue weighted by Crippen LogP contribution is 2.32. The fourth-order valence-electron chi connectivity index (χ4n) is 3.05. The molecule has 0 radical (unpaired) electrons. The van der Waals surface area contributed by atoms with Crippen molar-refractivity contribution in [2.75, 3.05) is 36.5 Å². The van der Waals surface area contributed by atoms with Gasteiger partial charge in [-0.2, -0.15) is 0 Å². The van der Waals surface area contributed by atoms with Crippen molar-refractivity contribution in [1.82, 2.24) is 0 Å². The van der Waals surface area contributed by atoms with Gasteiger partial charge in [0, 0.05) is 37.0 Å². The Hall–Kier alpha value is -3.13. The van der Waals surface area contributed by atoms with E-state index in [4.69, 9.17) is 10.5 Å². The molecule has 8 nitrogen and oxygen atoms in total. The number of carbonyl (C=O) groups excluding carboxylic acids is 1. The van der Waals surface area contributed by atoms with E-state index in [1.54, 1.807) is 36.4 Å². The van der Waals surface area contributed by atoms with Crippen molar-refractivity contribution in [3.8, 4) is 5.75 Å². The maximum absolute atomic E-state index is 12.5. The van der Waals surface area contributed by atoms with Gasteiger partial charge in [0.05, 0.1) is 4.92 Å². The van der Waals surface area contributed by atoms with Crippen molar-refractivity contribution in [2.45, 2.75) is 12.8 Å². The van der Waals surface area contributed by atoms with Gasteiger partial charge in [-0.1, -0.05) is 0 Å². The topological polar surface area (TPSA) is 111 Å². The van der Waals surface area contributed by atoms with Gasteiger partial charge in [-0.25, -0.2) is 0 Å². The van der Waals surface area contributed by atoms with Gasteiger partial charge < -0.3 is 20.7 Å². The third-order valence-electron chi connectivity index (χ3n) is 4.38. The van der Waals surface area contributed by atoms with Crippen molar-refractivity contribution in [3.05, 3.63) is 58.1 Å². The Morgan fingerprint density at radius 3 is 2.52 bits per heavy atom. The Labute approximate surface area is 157 Å². The van der Waals surface area contributed by atoms with Gasteiger partial charge in [0.2, 0.25) is 0 Å². The van der Waals surface area contributed by atoms with Crippen molar-refractivity contribution in [1.29, 1.82) is 0 Å². The molecule has 0 bridgehead atoms. The van der Waals surface area contributed by atoms with E-state index in [1.165, 1.54) is 6.07 Å². The summed E-state index contributed by atoms with van der Waals surface area (Å²) >= 11 is 0. The molecular formula is C19H22N4O4. The van der Waals surface area contributed by atoms with Gasteiger partial charge in [-0.3, -0.25) is 14.9 Å². The molecule has 2 aromatic carbocycles. The molecule has 0 aliphatic carbocycles. The molecule has 1 amide bonds. The van der Waals surface area contributed by atoms with E-state index in [1.807, 2.05) is 4.90 Å². The Kier molecular flexibility index (Phi) is 5.87. The lowest BCUT2D eigenvalue weighted by Gasteiger charge is -2.17. The van der Waals surface area contributed by atoms with Crippen LogP contribution in [0.25, 0.3) is 0 Å². The molecule has 1 saturated heterocycles. The first kappa shape index (κ1) is 18.7. The van der Waals surface area contributed by atoms with Crippen LogP contribution in [0.1, 0.15) is 23.2 Å². The number of nitro groups is 1. The van der Waals surface area contributed by atoms with Crippen LogP contribution in [0.15, 0.2) is 42.5 Å². The minimum atomic E-state index is -0.436. The number of rotatable bonds is 7. The Morgan fingerprint density at radius 1 is 1.19 bits per heavy atom. The fourth-order valence-corrected chi connectivity index (χ4v) is 3.05. The van der Waals surface area contributed by atoms with Gasteiger partial charge in [-0.15, -0.1) is 0 Å². The van der Waals surface area contributed by atoms with Crippen LogP contribution in [-0.2, 0) is 0 Å². The van der Waals surface area contributed by atoms with Crippen molar-refractivity contribution < 1.29 is 14.5 Å². The van der Waals surface area contributed by atoms with Gasteiger partial charge in [-0.05, 0) is 49.2 Å².